The van der Waals surface area contributed by atoms with Crippen LogP contribution in [0.2, 0.25) is 5.02 Å². The van der Waals surface area contributed by atoms with Crippen LogP contribution in [0.4, 0.5) is 0 Å². The van der Waals surface area contributed by atoms with Crippen LogP contribution in [0, 0.1) is 0 Å². The Morgan fingerprint density at radius 2 is 1.97 bits per heavy atom. The number of fused-ring (bicyclic) bond motifs is 1. The van der Waals surface area contributed by atoms with Crippen molar-refractivity contribution in [2.75, 3.05) is 26.2 Å². The van der Waals surface area contributed by atoms with Gasteiger partial charge in [0.05, 0.1) is 12.0 Å². The van der Waals surface area contributed by atoms with Crippen LogP contribution in [0.15, 0.2) is 48.5 Å². The number of rotatable bonds is 7. The predicted molar refractivity (Wildman–Crippen MR) is 141 cm³/mol. The lowest BCUT2D eigenvalue weighted by atomic mass is 9.82. The van der Waals surface area contributed by atoms with Crippen molar-refractivity contribution in [2.24, 2.45) is 0 Å². The smallest absolute Gasteiger partial charge is 0.267 e. The minimum atomic E-state index is -0.434. The molecule has 196 valence electrons. The third kappa shape index (κ3) is 6.79. The van der Waals surface area contributed by atoms with Crippen LogP contribution < -0.4 is 10.2 Å². The molecule has 0 bridgehead atoms. The average molecular weight is 525 g/mol. The minimum absolute atomic E-state index is 0.0911. The van der Waals surface area contributed by atoms with Crippen molar-refractivity contribution in [3.8, 4) is 5.75 Å². The van der Waals surface area contributed by atoms with Crippen LogP contribution in [0.5, 0.6) is 5.75 Å². The van der Waals surface area contributed by atoms with E-state index in [1.54, 1.807) is 12.1 Å². The van der Waals surface area contributed by atoms with Crippen LogP contribution in [-0.4, -0.2) is 54.7 Å². The lowest BCUT2D eigenvalue weighted by Gasteiger charge is -2.44. The fourth-order valence-electron chi connectivity index (χ4n) is 5.15. The molecule has 0 aliphatic carbocycles. The monoisotopic (exact) mass is 524 g/mol. The summed E-state index contributed by atoms with van der Waals surface area (Å²) in [6.07, 6.45) is 8.46. The quantitative estimate of drug-likeness (QED) is 0.407. The average Bonchev–Trinajstić information content (AvgIpc) is 2.92. The number of ether oxygens (including phenoxy) is 2. The fourth-order valence-corrected chi connectivity index (χ4v) is 5.28. The number of hydroxylamine groups is 1. The summed E-state index contributed by atoms with van der Waals surface area (Å²) in [4.78, 5) is 32.9. The van der Waals surface area contributed by atoms with Crippen LogP contribution in [0.1, 0.15) is 60.0 Å². The van der Waals surface area contributed by atoms with Gasteiger partial charge in [-0.25, -0.2) is 10.3 Å². The van der Waals surface area contributed by atoms with Gasteiger partial charge in [0.1, 0.15) is 11.4 Å². The number of ketones is 1. The zero-order chi connectivity index (χ0) is 25.7. The van der Waals surface area contributed by atoms with Crippen molar-refractivity contribution in [2.45, 2.75) is 56.8 Å². The standard InChI is InChI=1S/C29H33ClN2O5/c30-23-8-4-21(5-9-23)12-15-32-16-13-29(14-17-32)20-25(33)24-19-22(6-10-26(24)36-29)7-11-27(34)31-37-28-3-1-2-18-35-28/h4-11,19,28H,1-3,12-18,20H2,(H,31,34). The van der Waals surface area contributed by atoms with Crippen LogP contribution in [0.3, 0.4) is 0 Å². The minimum Gasteiger partial charge on any atom is -0.486 e. The topological polar surface area (TPSA) is 77.1 Å². The van der Waals surface area contributed by atoms with Gasteiger partial charge in [0.15, 0.2) is 12.1 Å². The molecule has 0 radical (unpaired) electrons. The molecule has 0 aromatic heterocycles. The van der Waals surface area contributed by atoms with Gasteiger partial charge in [0.25, 0.3) is 5.91 Å². The Labute approximate surface area is 222 Å². The Hall–Kier alpha value is -2.71. The second-order valence-electron chi connectivity index (χ2n) is 10.1. The summed E-state index contributed by atoms with van der Waals surface area (Å²) in [5, 5.41) is 0.756. The SMILES string of the molecule is O=C(C=Cc1ccc2c(c1)C(=O)CC1(CCN(CCc3ccc(Cl)cc3)CC1)O2)NOC1CCCCO1. The van der Waals surface area contributed by atoms with Crippen molar-refractivity contribution >= 4 is 29.4 Å². The summed E-state index contributed by atoms with van der Waals surface area (Å²) in [5.41, 5.74) is 4.58. The van der Waals surface area contributed by atoms with E-state index in [0.717, 1.165) is 68.7 Å². The normalized spacial score (nSPS) is 21.5. The zero-order valence-corrected chi connectivity index (χ0v) is 21.7. The summed E-state index contributed by atoms with van der Waals surface area (Å²) in [5.74, 6) is 0.342. The maximum Gasteiger partial charge on any atom is 0.267 e. The second kappa shape index (κ2) is 11.8. The molecular weight excluding hydrogens is 492 g/mol. The molecule has 1 unspecified atom stereocenters. The van der Waals surface area contributed by atoms with E-state index >= 15 is 0 Å². The number of halogens is 1. The first-order valence-electron chi connectivity index (χ1n) is 13.1. The molecule has 2 saturated heterocycles. The summed E-state index contributed by atoms with van der Waals surface area (Å²) >= 11 is 5.98. The highest BCUT2D eigenvalue weighted by Gasteiger charge is 2.42. The van der Waals surface area contributed by atoms with E-state index in [2.05, 4.69) is 22.5 Å². The van der Waals surface area contributed by atoms with Gasteiger partial charge in [-0.05, 0) is 60.7 Å². The van der Waals surface area contributed by atoms with Crippen LogP contribution in [-0.2, 0) is 20.8 Å². The van der Waals surface area contributed by atoms with E-state index in [4.69, 9.17) is 25.9 Å². The Morgan fingerprint density at radius 3 is 2.73 bits per heavy atom. The fraction of sp³-hybridized carbons (Fsp3) is 0.448. The van der Waals surface area contributed by atoms with Gasteiger partial charge < -0.3 is 14.4 Å². The van der Waals surface area contributed by atoms with Gasteiger partial charge in [-0.2, -0.15) is 0 Å². The van der Waals surface area contributed by atoms with Gasteiger partial charge in [-0.1, -0.05) is 29.8 Å². The molecule has 1 N–H and O–H groups in total. The first-order valence-corrected chi connectivity index (χ1v) is 13.4. The Balaban J connectivity index is 1.13. The number of hydrogen-bond acceptors (Lipinski definition) is 6. The highest BCUT2D eigenvalue weighted by molar-refractivity contribution is 6.30. The van der Waals surface area contributed by atoms with Gasteiger partial charge >= 0.3 is 0 Å². The van der Waals surface area contributed by atoms with Gasteiger partial charge in [-0.15, -0.1) is 0 Å². The van der Waals surface area contributed by atoms with E-state index in [9.17, 15) is 9.59 Å². The molecule has 7 nitrogen and oxygen atoms in total. The number of nitrogens with one attached hydrogen (secondary N) is 1. The Kier molecular flexibility index (Phi) is 8.25. The van der Waals surface area contributed by atoms with Crippen molar-refractivity contribution in [3.63, 3.8) is 0 Å². The van der Waals surface area contributed by atoms with Crippen molar-refractivity contribution in [1.82, 2.24) is 10.4 Å². The number of benzene rings is 2. The number of carbonyl (C=O) groups excluding carboxylic acids is 2. The molecule has 1 amide bonds. The lowest BCUT2D eigenvalue weighted by Crippen LogP contribution is -2.51. The molecule has 2 aromatic carbocycles. The third-order valence-corrected chi connectivity index (χ3v) is 7.62. The first-order chi connectivity index (χ1) is 18.0. The maximum absolute atomic E-state index is 13.1. The molecule has 3 aliphatic rings. The largest absolute Gasteiger partial charge is 0.486 e. The first kappa shape index (κ1) is 25.9. The number of amides is 1. The van der Waals surface area contributed by atoms with E-state index in [1.165, 1.54) is 11.6 Å². The summed E-state index contributed by atoms with van der Waals surface area (Å²) in [6, 6.07) is 13.5. The van der Waals surface area contributed by atoms with E-state index < -0.39 is 11.9 Å². The molecule has 5 rings (SSSR count). The zero-order valence-electron chi connectivity index (χ0n) is 20.9. The maximum atomic E-state index is 13.1. The predicted octanol–water partition coefficient (Wildman–Crippen LogP) is 4.97. The van der Waals surface area contributed by atoms with Gasteiger partial charge in [0.2, 0.25) is 0 Å². The summed E-state index contributed by atoms with van der Waals surface area (Å²) in [7, 11) is 0. The highest BCUT2D eigenvalue weighted by atomic mass is 35.5. The molecule has 3 aliphatic heterocycles. The highest BCUT2D eigenvalue weighted by Crippen LogP contribution is 2.39. The van der Waals surface area contributed by atoms with Crippen molar-refractivity contribution in [3.05, 3.63) is 70.3 Å². The number of likely N-dealkylation sites (tertiary alicyclic amines) is 1. The summed E-state index contributed by atoms with van der Waals surface area (Å²) in [6.45, 7) is 3.43. The molecule has 3 heterocycles. The number of carbonyl (C=O) groups is 2. The van der Waals surface area contributed by atoms with E-state index in [1.807, 2.05) is 24.3 Å². The van der Waals surface area contributed by atoms with Crippen LogP contribution in [0.25, 0.3) is 6.08 Å². The third-order valence-electron chi connectivity index (χ3n) is 7.37. The molecule has 2 fully saturated rings. The van der Waals surface area contributed by atoms with Gasteiger partial charge in [-0.3, -0.25) is 9.59 Å². The molecule has 1 atom stereocenters. The second-order valence-corrected chi connectivity index (χ2v) is 10.5. The van der Waals surface area contributed by atoms with E-state index in [0.29, 0.717) is 24.3 Å². The molecule has 0 saturated carbocycles. The molecular formula is C29H33ClN2O5. The number of Topliss-reactive ketones (excluding diaryl/α,β-unsaturated/α-hetero) is 1. The van der Waals surface area contributed by atoms with E-state index in [-0.39, 0.29) is 11.7 Å². The molecule has 8 heteroatoms. The number of piperidine rings is 1. The molecule has 2 aromatic rings. The number of hydrogen-bond donors (Lipinski definition) is 1. The van der Waals surface area contributed by atoms with Crippen LogP contribution >= 0.6 is 11.6 Å². The molecule has 37 heavy (non-hydrogen) atoms. The lowest BCUT2D eigenvalue weighted by molar-refractivity contribution is -0.198. The van der Waals surface area contributed by atoms with Crippen molar-refractivity contribution in [1.29, 1.82) is 0 Å². The van der Waals surface area contributed by atoms with Crippen molar-refractivity contribution < 1.29 is 23.9 Å². The number of nitrogens with zero attached hydrogens (tertiary/aromatic N) is 1. The Bertz CT molecular complexity index is 1140. The molecule has 1 spiro atoms. The Morgan fingerprint density at radius 1 is 1.16 bits per heavy atom. The van der Waals surface area contributed by atoms with Gasteiger partial charge in [0, 0.05) is 56.6 Å². The summed E-state index contributed by atoms with van der Waals surface area (Å²) < 4.78 is 11.9.